The van der Waals surface area contributed by atoms with E-state index in [0.29, 0.717) is 22.2 Å². The number of aryl methyl sites for hydroxylation is 1. The van der Waals surface area contributed by atoms with Crippen LogP contribution in [-0.4, -0.2) is 27.6 Å². The third-order valence-electron chi connectivity index (χ3n) is 5.55. The molecule has 9 heteroatoms. The Morgan fingerprint density at radius 2 is 1.91 bits per heavy atom. The van der Waals surface area contributed by atoms with Crippen molar-refractivity contribution in [2.45, 2.75) is 19.9 Å². The SMILES string of the molecule is COC(=O)c1nc(Cl)ccc1N[C@H](C)c1cc(C)cc2c(=O)n(C)c(-c3ccccc3F)nc12. The molecule has 4 aromatic rings. The van der Waals surface area contributed by atoms with Crippen molar-refractivity contribution in [3.63, 3.8) is 0 Å². The number of esters is 1. The van der Waals surface area contributed by atoms with Gasteiger partial charge in [-0.2, -0.15) is 0 Å². The second-order valence-corrected chi connectivity index (χ2v) is 8.30. The molecule has 0 unspecified atom stereocenters. The molecule has 1 atom stereocenters. The standard InChI is InChI=1S/C25H22ClFN4O3/c1-13-11-16(14(2)28-19-9-10-20(26)29-22(19)25(33)34-4)21-17(12-13)24(32)31(3)23(30-21)15-7-5-6-8-18(15)27/h5-12,14,28H,1-4H3/t14-/m1/s1. The summed E-state index contributed by atoms with van der Waals surface area (Å²) in [4.78, 5) is 34.2. The number of fused-ring (bicyclic) bond motifs is 1. The molecule has 2 aromatic heterocycles. The molecule has 0 fully saturated rings. The lowest BCUT2D eigenvalue weighted by Gasteiger charge is -2.20. The zero-order chi connectivity index (χ0) is 24.6. The molecule has 174 valence electrons. The number of carbonyl (C=O) groups is 1. The predicted octanol–water partition coefficient (Wildman–Crippen LogP) is 5.06. The second kappa shape index (κ2) is 9.23. The summed E-state index contributed by atoms with van der Waals surface area (Å²) >= 11 is 5.97. The van der Waals surface area contributed by atoms with Crippen molar-refractivity contribution in [3.8, 4) is 11.4 Å². The van der Waals surface area contributed by atoms with E-state index < -0.39 is 17.8 Å². The number of hydrogen-bond acceptors (Lipinski definition) is 6. The van der Waals surface area contributed by atoms with Crippen molar-refractivity contribution in [3.05, 3.63) is 86.7 Å². The Balaban J connectivity index is 1.89. The number of methoxy groups -OCH3 is 1. The molecule has 0 saturated heterocycles. The fraction of sp³-hybridized carbons (Fsp3) is 0.200. The number of nitrogens with zero attached hydrogens (tertiary/aromatic N) is 3. The number of hydrogen-bond donors (Lipinski definition) is 1. The van der Waals surface area contributed by atoms with Crippen LogP contribution in [0.5, 0.6) is 0 Å². The topological polar surface area (TPSA) is 86.1 Å². The van der Waals surface area contributed by atoms with Gasteiger partial charge >= 0.3 is 5.97 Å². The van der Waals surface area contributed by atoms with E-state index in [1.807, 2.05) is 19.9 Å². The van der Waals surface area contributed by atoms with Crippen LogP contribution in [0.1, 0.15) is 34.6 Å². The molecular weight excluding hydrogens is 459 g/mol. The van der Waals surface area contributed by atoms with Crippen LogP contribution in [0, 0.1) is 12.7 Å². The molecule has 1 N–H and O–H groups in total. The monoisotopic (exact) mass is 480 g/mol. The second-order valence-electron chi connectivity index (χ2n) is 7.92. The first-order valence-corrected chi connectivity index (χ1v) is 10.9. The number of pyridine rings is 1. The van der Waals surface area contributed by atoms with Gasteiger partial charge in [-0.3, -0.25) is 9.36 Å². The number of anilines is 1. The van der Waals surface area contributed by atoms with Gasteiger partial charge in [0.2, 0.25) is 0 Å². The zero-order valence-corrected chi connectivity index (χ0v) is 19.8. The van der Waals surface area contributed by atoms with Crippen molar-refractivity contribution >= 4 is 34.2 Å². The fourth-order valence-corrected chi connectivity index (χ4v) is 4.03. The van der Waals surface area contributed by atoms with Crippen LogP contribution in [0.3, 0.4) is 0 Å². The highest BCUT2D eigenvalue weighted by atomic mass is 35.5. The van der Waals surface area contributed by atoms with Gasteiger partial charge in [0.25, 0.3) is 5.56 Å². The number of nitrogens with one attached hydrogen (secondary N) is 1. The molecule has 0 amide bonds. The maximum atomic E-state index is 14.6. The Morgan fingerprint density at radius 1 is 1.18 bits per heavy atom. The van der Waals surface area contributed by atoms with E-state index in [2.05, 4.69) is 10.3 Å². The highest BCUT2D eigenvalue weighted by molar-refractivity contribution is 6.29. The summed E-state index contributed by atoms with van der Waals surface area (Å²) in [6, 6.07) is 12.6. The Kier molecular flexibility index (Phi) is 6.34. The van der Waals surface area contributed by atoms with Gasteiger partial charge in [-0.05, 0) is 49.7 Å². The van der Waals surface area contributed by atoms with E-state index in [9.17, 15) is 14.0 Å². The van der Waals surface area contributed by atoms with Crippen LogP contribution in [0.25, 0.3) is 22.3 Å². The van der Waals surface area contributed by atoms with E-state index in [0.717, 1.165) is 5.56 Å². The minimum atomic E-state index is -0.639. The first-order valence-electron chi connectivity index (χ1n) is 10.5. The van der Waals surface area contributed by atoms with Crippen molar-refractivity contribution < 1.29 is 13.9 Å². The summed E-state index contributed by atoms with van der Waals surface area (Å²) < 4.78 is 20.7. The quantitative estimate of drug-likeness (QED) is 0.317. The van der Waals surface area contributed by atoms with Crippen molar-refractivity contribution in [2.75, 3.05) is 12.4 Å². The van der Waals surface area contributed by atoms with Crippen LogP contribution in [0.2, 0.25) is 5.15 Å². The van der Waals surface area contributed by atoms with Crippen LogP contribution in [0.4, 0.5) is 10.1 Å². The normalized spacial score (nSPS) is 11.9. The number of rotatable bonds is 5. The Morgan fingerprint density at radius 3 is 2.62 bits per heavy atom. The molecule has 2 heterocycles. The predicted molar refractivity (Wildman–Crippen MR) is 130 cm³/mol. The number of ether oxygens (including phenoxy) is 1. The van der Waals surface area contributed by atoms with Gasteiger partial charge in [0.1, 0.15) is 16.8 Å². The largest absolute Gasteiger partial charge is 0.464 e. The molecule has 0 aliphatic carbocycles. The lowest BCUT2D eigenvalue weighted by Crippen LogP contribution is -2.22. The summed E-state index contributed by atoms with van der Waals surface area (Å²) in [6.07, 6.45) is 0. The maximum absolute atomic E-state index is 14.6. The number of halogens is 2. The summed E-state index contributed by atoms with van der Waals surface area (Å²) in [5.74, 6) is -0.893. The molecular formula is C25H22ClFN4O3. The maximum Gasteiger partial charge on any atom is 0.358 e. The van der Waals surface area contributed by atoms with E-state index in [1.54, 1.807) is 43.4 Å². The van der Waals surface area contributed by atoms with E-state index in [-0.39, 0.29) is 27.8 Å². The molecule has 4 rings (SSSR count). The highest BCUT2D eigenvalue weighted by Gasteiger charge is 2.21. The average molecular weight is 481 g/mol. The third kappa shape index (κ3) is 4.24. The Hall–Kier alpha value is -3.78. The number of carbonyl (C=O) groups excluding carboxylic acids is 1. The summed E-state index contributed by atoms with van der Waals surface area (Å²) in [5, 5.41) is 3.81. The number of benzene rings is 2. The summed E-state index contributed by atoms with van der Waals surface area (Å²) in [6.45, 7) is 3.75. The zero-order valence-electron chi connectivity index (χ0n) is 19.0. The van der Waals surface area contributed by atoms with Gasteiger partial charge in [-0.1, -0.05) is 29.8 Å². The van der Waals surface area contributed by atoms with E-state index in [4.69, 9.17) is 21.3 Å². The highest BCUT2D eigenvalue weighted by Crippen LogP contribution is 2.30. The van der Waals surface area contributed by atoms with Crippen LogP contribution in [0.15, 0.2) is 53.3 Å². The van der Waals surface area contributed by atoms with Crippen LogP contribution >= 0.6 is 11.6 Å². The first-order chi connectivity index (χ1) is 16.2. The van der Waals surface area contributed by atoms with Gasteiger partial charge in [0.15, 0.2) is 5.69 Å². The molecule has 0 aliphatic rings. The van der Waals surface area contributed by atoms with Crippen LogP contribution < -0.4 is 10.9 Å². The minimum absolute atomic E-state index is 0.0368. The van der Waals surface area contributed by atoms with E-state index in [1.165, 1.54) is 17.7 Å². The van der Waals surface area contributed by atoms with Crippen molar-refractivity contribution in [2.24, 2.45) is 7.05 Å². The lowest BCUT2D eigenvalue weighted by molar-refractivity contribution is 0.0595. The van der Waals surface area contributed by atoms with Crippen molar-refractivity contribution in [1.82, 2.24) is 14.5 Å². The molecule has 7 nitrogen and oxygen atoms in total. The minimum Gasteiger partial charge on any atom is -0.464 e. The van der Waals surface area contributed by atoms with Gasteiger partial charge in [-0.25, -0.2) is 19.2 Å². The van der Waals surface area contributed by atoms with E-state index >= 15 is 0 Å². The molecule has 0 spiro atoms. The van der Waals surface area contributed by atoms with Gasteiger partial charge in [0.05, 0.1) is 35.3 Å². The van der Waals surface area contributed by atoms with Gasteiger partial charge < -0.3 is 10.1 Å². The fourth-order valence-electron chi connectivity index (χ4n) is 3.88. The van der Waals surface area contributed by atoms with Crippen LogP contribution in [-0.2, 0) is 11.8 Å². The molecule has 34 heavy (non-hydrogen) atoms. The first kappa shape index (κ1) is 23.4. The third-order valence-corrected chi connectivity index (χ3v) is 5.76. The Labute approximate surface area is 200 Å². The van der Waals surface area contributed by atoms with Gasteiger partial charge in [0, 0.05) is 12.6 Å². The Bertz CT molecular complexity index is 1490. The summed E-state index contributed by atoms with van der Waals surface area (Å²) in [5.41, 5.74) is 2.39. The lowest BCUT2D eigenvalue weighted by atomic mass is 10.0. The molecule has 0 saturated carbocycles. The molecule has 0 aliphatic heterocycles. The number of aromatic nitrogens is 3. The van der Waals surface area contributed by atoms with Crippen molar-refractivity contribution in [1.29, 1.82) is 0 Å². The average Bonchev–Trinajstić information content (AvgIpc) is 2.82. The molecule has 0 radical (unpaired) electrons. The smallest absolute Gasteiger partial charge is 0.358 e. The molecule has 2 aromatic carbocycles. The summed E-state index contributed by atoms with van der Waals surface area (Å²) in [7, 11) is 2.83. The molecule has 0 bridgehead atoms. The van der Waals surface area contributed by atoms with Gasteiger partial charge in [-0.15, -0.1) is 0 Å².